The van der Waals surface area contributed by atoms with E-state index in [1.165, 1.54) is 0 Å². The van der Waals surface area contributed by atoms with Crippen molar-refractivity contribution in [1.82, 2.24) is 0 Å². The lowest BCUT2D eigenvalue weighted by Crippen LogP contribution is -3.00. The van der Waals surface area contributed by atoms with Crippen molar-refractivity contribution in [2.24, 2.45) is 13.0 Å². The minimum Gasteiger partial charge on any atom is -1.00 e. The Kier molecular flexibility index (Phi) is 4.71. The molecule has 0 unspecified atom stereocenters. The van der Waals surface area contributed by atoms with Crippen LogP contribution in [0.15, 0.2) is 18.2 Å². The van der Waals surface area contributed by atoms with Crippen molar-refractivity contribution in [3.8, 4) is 17.4 Å². The van der Waals surface area contributed by atoms with Crippen LogP contribution in [0.1, 0.15) is 19.4 Å². The molecule has 5 heteroatoms. The fraction of sp³-hybridized carbons (Fsp3) is 0.471. The van der Waals surface area contributed by atoms with Crippen LogP contribution >= 0.6 is 0 Å². The summed E-state index contributed by atoms with van der Waals surface area (Å²) < 4.78 is 19.5. The molecule has 0 bridgehead atoms. The Labute approximate surface area is 137 Å². The first-order chi connectivity index (χ1) is 10.1. The molecule has 0 spiro atoms. The summed E-state index contributed by atoms with van der Waals surface area (Å²) >= 11 is 0. The first-order valence-electron chi connectivity index (χ1n) is 7.30. The first-order valence-corrected chi connectivity index (χ1v) is 7.30. The van der Waals surface area contributed by atoms with Gasteiger partial charge in [0, 0.05) is 6.42 Å². The molecule has 0 fully saturated rings. The Morgan fingerprint density at radius 3 is 2.55 bits per heavy atom. The van der Waals surface area contributed by atoms with E-state index in [-0.39, 0.29) is 18.5 Å². The maximum atomic E-state index is 6.18. The number of halogens is 1. The van der Waals surface area contributed by atoms with Gasteiger partial charge in [-0.2, -0.15) is 4.57 Å². The molecule has 0 radical (unpaired) electrons. The SMILES string of the molecule is COc1c2c([n+](C)c3c(OC)cccc13)O[C@@H](C(C)C)C2.[Cl-]. The third kappa shape index (κ3) is 2.35. The second-order valence-electron chi connectivity index (χ2n) is 5.84. The van der Waals surface area contributed by atoms with E-state index in [0.29, 0.717) is 5.92 Å². The molecule has 1 aromatic carbocycles. The van der Waals surface area contributed by atoms with Crippen molar-refractivity contribution in [1.29, 1.82) is 0 Å². The molecule has 0 amide bonds. The summed E-state index contributed by atoms with van der Waals surface area (Å²) in [5.74, 6) is 3.09. The largest absolute Gasteiger partial charge is 1.00 e. The molecular formula is C17H22ClNO3. The van der Waals surface area contributed by atoms with E-state index >= 15 is 0 Å². The zero-order valence-corrected chi connectivity index (χ0v) is 14.4. The number of fused-ring (bicyclic) bond motifs is 2. The molecule has 22 heavy (non-hydrogen) atoms. The summed E-state index contributed by atoms with van der Waals surface area (Å²) in [6.45, 7) is 4.37. The van der Waals surface area contributed by atoms with E-state index in [2.05, 4.69) is 24.5 Å². The number of benzene rings is 1. The fourth-order valence-corrected chi connectivity index (χ4v) is 3.10. The number of ether oxygens (including phenoxy) is 3. The maximum Gasteiger partial charge on any atom is 0.375 e. The highest BCUT2D eigenvalue weighted by Gasteiger charge is 2.38. The van der Waals surface area contributed by atoms with E-state index in [1.807, 2.05) is 19.2 Å². The minimum absolute atomic E-state index is 0. The van der Waals surface area contributed by atoms with Crippen molar-refractivity contribution in [2.75, 3.05) is 14.2 Å². The second kappa shape index (κ2) is 6.21. The zero-order chi connectivity index (χ0) is 15.1. The van der Waals surface area contributed by atoms with Crippen molar-refractivity contribution in [3.63, 3.8) is 0 Å². The molecule has 4 nitrogen and oxygen atoms in total. The van der Waals surface area contributed by atoms with Gasteiger partial charge in [-0.1, -0.05) is 19.9 Å². The van der Waals surface area contributed by atoms with E-state index in [9.17, 15) is 0 Å². The third-order valence-electron chi connectivity index (χ3n) is 4.25. The van der Waals surface area contributed by atoms with Crippen LogP contribution in [0.25, 0.3) is 10.9 Å². The molecule has 0 aliphatic carbocycles. The van der Waals surface area contributed by atoms with Gasteiger partial charge in [0.15, 0.2) is 5.75 Å². The lowest BCUT2D eigenvalue weighted by Gasteiger charge is -2.12. The van der Waals surface area contributed by atoms with Gasteiger partial charge in [-0.05, 0) is 18.1 Å². The van der Waals surface area contributed by atoms with Gasteiger partial charge >= 0.3 is 5.88 Å². The number of nitrogens with zero attached hydrogens (tertiary/aromatic N) is 1. The molecule has 2 aromatic rings. The number of hydrogen-bond acceptors (Lipinski definition) is 3. The first kappa shape index (κ1) is 16.7. The molecule has 1 aliphatic rings. The van der Waals surface area contributed by atoms with Gasteiger partial charge < -0.3 is 26.6 Å². The minimum atomic E-state index is 0. The number of hydrogen-bond donors (Lipinski definition) is 0. The number of pyridine rings is 1. The van der Waals surface area contributed by atoms with Crippen molar-refractivity contribution in [2.45, 2.75) is 26.4 Å². The Balaban J connectivity index is 0.00000176. The molecule has 1 aromatic heterocycles. The number of aryl methyl sites for hydroxylation is 1. The quantitative estimate of drug-likeness (QED) is 0.723. The van der Waals surface area contributed by atoms with Gasteiger partial charge in [-0.3, -0.25) is 0 Å². The zero-order valence-electron chi connectivity index (χ0n) is 13.6. The number of rotatable bonds is 3. The van der Waals surface area contributed by atoms with Crippen LogP contribution in [0.2, 0.25) is 0 Å². The van der Waals surface area contributed by atoms with Crippen molar-refractivity contribution >= 4 is 10.9 Å². The summed E-state index contributed by atoms with van der Waals surface area (Å²) in [5.41, 5.74) is 2.15. The Hall–Kier alpha value is -1.68. The third-order valence-corrected chi connectivity index (χ3v) is 4.25. The highest BCUT2D eigenvalue weighted by molar-refractivity contribution is 5.89. The van der Waals surface area contributed by atoms with E-state index in [1.54, 1.807) is 14.2 Å². The average Bonchev–Trinajstić information content (AvgIpc) is 2.92. The molecular weight excluding hydrogens is 302 g/mol. The number of aromatic nitrogens is 1. The van der Waals surface area contributed by atoms with Crippen molar-refractivity contribution in [3.05, 3.63) is 23.8 Å². The molecule has 120 valence electrons. The molecule has 1 aliphatic heterocycles. The highest BCUT2D eigenvalue weighted by Crippen LogP contribution is 2.41. The fourth-order valence-electron chi connectivity index (χ4n) is 3.10. The van der Waals surface area contributed by atoms with Crippen molar-refractivity contribution < 1.29 is 31.2 Å². The molecule has 0 saturated heterocycles. The van der Waals surface area contributed by atoms with E-state index in [0.717, 1.165) is 40.3 Å². The standard InChI is InChI=1S/C17H22NO3.ClH/c1-10(2)14-9-12-16(20-5)11-7-6-8-13(19-4)15(11)18(3)17(12)21-14;/h6-8,10,14H,9H2,1-5H3;1H/q+1;/p-1/t14-;/m1./s1. The monoisotopic (exact) mass is 323 g/mol. The number of methoxy groups -OCH3 is 2. The van der Waals surface area contributed by atoms with Gasteiger partial charge in [0.2, 0.25) is 0 Å². The van der Waals surface area contributed by atoms with Gasteiger partial charge in [0.05, 0.1) is 19.6 Å². The molecule has 0 saturated carbocycles. The summed E-state index contributed by atoms with van der Waals surface area (Å²) in [6.07, 6.45) is 1.08. The predicted octanol–water partition coefficient (Wildman–Crippen LogP) is -0.355. The summed E-state index contributed by atoms with van der Waals surface area (Å²) in [7, 11) is 5.43. The van der Waals surface area contributed by atoms with Crippen LogP contribution in [0.3, 0.4) is 0 Å². The van der Waals surface area contributed by atoms with Crippen LogP contribution in [-0.2, 0) is 13.5 Å². The topological polar surface area (TPSA) is 31.6 Å². The number of para-hydroxylation sites is 1. The second-order valence-corrected chi connectivity index (χ2v) is 5.84. The van der Waals surface area contributed by atoms with Gasteiger partial charge in [0.25, 0.3) is 5.52 Å². The molecule has 3 rings (SSSR count). The summed E-state index contributed by atoms with van der Waals surface area (Å²) in [6, 6.07) is 6.02. The summed E-state index contributed by atoms with van der Waals surface area (Å²) in [5, 5.41) is 1.06. The highest BCUT2D eigenvalue weighted by atomic mass is 35.5. The normalized spacial score (nSPS) is 16.2. The lowest BCUT2D eigenvalue weighted by atomic mass is 10.0. The Bertz CT molecular complexity index is 700. The van der Waals surface area contributed by atoms with Gasteiger partial charge in [-0.25, -0.2) is 0 Å². The van der Waals surface area contributed by atoms with E-state index < -0.39 is 0 Å². The molecule has 1 atom stereocenters. The Morgan fingerprint density at radius 1 is 1.23 bits per heavy atom. The van der Waals surface area contributed by atoms with Crippen LogP contribution < -0.4 is 31.2 Å². The van der Waals surface area contributed by atoms with Crippen LogP contribution in [0, 0.1) is 5.92 Å². The van der Waals surface area contributed by atoms with Crippen LogP contribution in [0.5, 0.6) is 17.4 Å². The van der Waals surface area contributed by atoms with Crippen LogP contribution in [-0.4, -0.2) is 20.3 Å². The average molecular weight is 324 g/mol. The molecule has 2 heterocycles. The van der Waals surface area contributed by atoms with Gasteiger partial charge in [-0.15, -0.1) is 0 Å². The maximum absolute atomic E-state index is 6.18. The van der Waals surface area contributed by atoms with E-state index in [4.69, 9.17) is 14.2 Å². The van der Waals surface area contributed by atoms with Crippen LogP contribution in [0.4, 0.5) is 0 Å². The predicted molar refractivity (Wildman–Crippen MR) is 81.2 cm³/mol. The Morgan fingerprint density at radius 2 is 1.95 bits per heavy atom. The lowest BCUT2D eigenvalue weighted by molar-refractivity contribution is -0.651. The molecule has 0 N–H and O–H groups in total. The van der Waals surface area contributed by atoms with Gasteiger partial charge in [0.1, 0.15) is 24.5 Å². The smallest absolute Gasteiger partial charge is 0.375 e. The summed E-state index contributed by atoms with van der Waals surface area (Å²) in [4.78, 5) is 0.